The number of benzene rings is 4. The van der Waals surface area contributed by atoms with Crippen molar-refractivity contribution in [2.75, 3.05) is 12.4 Å². The number of methoxy groups -OCH3 is 1. The third-order valence-electron chi connectivity index (χ3n) is 5.43. The molecule has 0 bridgehead atoms. The fraction of sp³-hybridized carbons (Fsp3) is 0.0800. The number of hydrogen-bond acceptors (Lipinski definition) is 7. The maximum Gasteiger partial charge on any atom is 1.00 e. The molecule has 0 unspecified atom stereocenters. The van der Waals surface area contributed by atoms with Gasteiger partial charge in [-0.3, -0.25) is 9.35 Å². The Morgan fingerprint density at radius 2 is 1.74 bits per heavy atom. The van der Waals surface area contributed by atoms with E-state index in [0.717, 1.165) is 6.07 Å². The number of hydrogen-bond donors (Lipinski definition) is 2. The van der Waals surface area contributed by atoms with Gasteiger partial charge in [-0.25, -0.2) is 0 Å². The number of halogens is 2. The van der Waals surface area contributed by atoms with Gasteiger partial charge < -0.3 is 15.2 Å². The van der Waals surface area contributed by atoms with Gasteiger partial charge in [-0.15, -0.1) is 0 Å². The summed E-state index contributed by atoms with van der Waals surface area (Å²) in [5, 5.41) is 25.1. The Hall–Kier alpha value is -2.70. The van der Waals surface area contributed by atoms with Crippen LogP contribution in [-0.4, -0.2) is 26.0 Å². The van der Waals surface area contributed by atoms with E-state index in [9.17, 15) is 22.9 Å². The Balaban J connectivity index is 0.00000400. The summed E-state index contributed by atoms with van der Waals surface area (Å²) in [6, 6.07) is 15.2. The van der Waals surface area contributed by atoms with Gasteiger partial charge in [-0.05, 0) is 48.2 Å². The SMILES string of the molecule is COc1ccc(Cl)c(NC(=O)c2cc3ccccc3c(N=Nc3cc(S(=O)(=O)O)c(Cl)cc3C)c2[O-])c1.[Na+]. The van der Waals surface area contributed by atoms with Crippen LogP contribution in [0.1, 0.15) is 15.9 Å². The summed E-state index contributed by atoms with van der Waals surface area (Å²) >= 11 is 12.1. The number of nitrogens with zero attached hydrogens (tertiary/aromatic N) is 2. The van der Waals surface area contributed by atoms with E-state index >= 15 is 0 Å². The van der Waals surface area contributed by atoms with Crippen molar-refractivity contribution in [1.29, 1.82) is 0 Å². The van der Waals surface area contributed by atoms with Crippen LogP contribution in [0.4, 0.5) is 17.1 Å². The second-order valence-electron chi connectivity index (χ2n) is 7.87. The number of nitrogens with one attached hydrogen (secondary N) is 1. The van der Waals surface area contributed by atoms with Crippen LogP contribution < -0.4 is 44.7 Å². The fourth-order valence-electron chi connectivity index (χ4n) is 3.55. The zero-order valence-corrected chi connectivity index (χ0v) is 24.6. The van der Waals surface area contributed by atoms with Crippen LogP contribution in [0.2, 0.25) is 10.0 Å². The van der Waals surface area contributed by atoms with Gasteiger partial charge in [0.2, 0.25) is 0 Å². The second kappa shape index (κ2) is 12.0. The van der Waals surface area contributed by atoms with Crippen molar-refractivity contribution < 1.29 is 57.2 Å². The first-order valence-electron chi connectivity index (χ1n) is 10.6. The Kier molecular flexibility index (Phi) is 9.43. The first-order valence-corrected chi connectivity index (χ1v) is 12.8. The standard InChI is InChI=1S/C25H19Cl2N3O6S.Na/c1-13-9-19(27)22(37(33,34)35)12-20(13)29-30-23-16-6-4-3-5-14(16)10-17(24(23)31)25(32)28-21-11-15(36-2)7-8-18(21)26;/h3-12,31H,1-2H3,(H,28,32)(H,33,34,35);/q;+1/p-1. The number of anilines is 1. The van der Waals surface area contributed by atoms with Crippen LogP contribution in [-0.2, 0) is 10.1 Å². The molecule has 0 fully saturated rings. The summed E-state index contributed by atoms with van der Waals surface area (Å²) in [5.41, 5.74) is 0.398. The van der Waals surface area contributed by atoms with Crippen molar-refractivity contribution in [3.63, 3.8) is 0 Å². The summed E-state index contributed by atoms with van der Waals surface area (Å²) in [6.45, 7) is 1.60. The molecule has 0 radical (unpaired) electrons. The van der Waals surface area contributed by atoms with E-state index in [4.69, 9.17) is 27.9 Å². The zero-order valence-electron chi connectivity index (χ0n) is 20.3. The summed E-state index contributed by atoms with van der Waals surface area (Å²) in [4.78, 5) is 12.6. The first-order chi connectivity index (χ1) is 17.5. The minimum absolute atomic E-state index is 0. The number of amides is 1. The monoisotopic (exact) mass is 581 g/mol. The van der Waals surface area contributed by atoms with Gasteiger partial charge in [0, 0.05) is 17.0 Å². The molecule has 9 nitrogen and oxygen atoms in total. The molecule has 190 valence electrons. The molecular weight excluding hydrogens is 564 g/mol. The van der Waals surface area contributed by atoms with E-state index < -0.39 is 26.7 Å². The third-order valence-corrected chi connectivity index (χ3v) is 7.08. The zero-order chi connectivity index (χ0) is 26.9. The molecule has 0 aliphatic carbocycles. The quantitative estimate of drug-likeness (QED) is 0.203. The predicted octanol–water partition coefficient (Wildman–Crippen LogP) is 3.46. The molecular formula is C25H18Cl2N3NaO6S. The molecule has 0 atom stereocenters. The normalized spacial score (nSPS) is 11.4. The van der Waals surface area contributed by atoms with Crippen molar-refractivity contribution in [3.05, 3.63) is 81.8 Å². The van der Waals surface area contributed by atoms with Crippen molar-refractivity contribution in [2.24, 2.45) is 10.2 Å². The fourth-order valence-corrected chi connectivity index (χ4v) is 4.79. The number of azo groups is 1. The number of carbonyl (C=O) groups is 1. The van der Waals surface area contributed by atoms with Gasteiger partial charge >= 0.3 is 29.6 Å². The van der Waals surface area contributed by atoms with Crippen LogP contribution in [0.25, 0.3) is 10.8 Å². The Morgan fingerprint density at radius 3 is 2.42 bits per heavy atom. The summed E-state index contributed by atoms with van der Waals surface area (Å²) in [6.07, 6.45) is 0. The average Bonchev–Trinajstić information content (AvgIpc) is 2.84. The maximum absolute atomic E-state index is 13.4. The molecule has 0 spiro atoms. The maximum atomic E-state index is 13.4. The Labute approximate surface area is 250 Å². The molecule has 0 aromatic heterocycles. The third kappa shape index (κ3) is 6.29. The van der Waals surface area contributed by atoms with E-state index in [1.165, 1.54) is 25.3 Å². The minimum atomic E-state index is -4.62. The molecule has 0 saturated heterocycles. The molecule has 0 aliphatic heterocycles. The molecule has 0 aliphatic rings. The van der Waals surface area contributed by atoms with Crippen LogP contribution in [0.15, 0.2) is 75.8 Å². The summed E-state index contributed by atoms with van der Waals surface area (Å²) in [5.74, 6) is -0.975. The van der Waals surface area contributed by atoms with Crippen LogP contribution in [0.3, 0.4) is 0 Å². The topological polar surface area (TPSA) is 140 Å². The van der Waals surface area contributed by atoms with Crippen molar-refractivity contribution >= 4 is 67.1 Å². The molecule has 4 rings (SSSR count). The smallest absolute Gasteiger partial charge is 0.870 e. The first kappa shape index (κ1) is 29.9. The number of aryl methyl sites for hydroxylation is 1. The molecule has 2 N–H and O–H groups in total. The van der Waals surface area contributed by atoms with Gasteiger partial charge in [0.1, 0.15) is 10.6 Å². The van der Waals surface area contributed by atoms with Gasteiger partial charge in [-0.1, -0.05) is 53.2 Å². The van der Waals surface area contributed by atoms with Gasteiger partial charge in [0.25, 0.3) is 16.0 Å². The number of fused-ring (bicyclic) bond motifs is 1. The van der Waals surface area contributed by atoms with E-state index in [2.05, 4.69) is 15.5 Å². The van der Waals surface area contributed by atoms with E-state index in [1.54, 1.807) is 43.3 Å². The summed E-state index contributed by atoms with van der Waals surface area (Å²) in [7, 11) is -3.16. The van der Waals surface area contributed by atoms with Crippen molar-refractivity contribution in [3.8, 4) is 11.5 Å². The number of carbonyl (C=O) groups excluding carboxylic acids is 1. The van der Waals surface area contributed by atoms with Crippen molar-refractivity contribution in [2.45, 2.75) is 11.8 Å². The minimum Gasteiger partial charge on any atom is -0.870 e. The van der Waals surface area contributed by atoms with Gasteiger partial charge in [0.15, 0.2) is 0 Å². The summed E-state index contributed by atoms with van der Waals surface area (Å²) < 4.78 is 37.9. The second-order valence-corrected chi connectivity index (χ2v) is 10.1. The molecule has 4 aromatic carbocycles. The number of ether oxygens (including phenoxy) is 1. The predicted molar refractivity (Wildman–Crippen MR) is 140 cm³/mol. The van der Waals surface area contributed by atoms with Crippen LogP contribution in [0, 0.1) is 6.92 Å². The van der Waals surface area contributed by atoms with Crippen molar-refractivity contribution in [1.82, 2.24) is 0 Å². The number of rotatable bonds is 6. The van der Waals surface area contributed by atoms with Gasteiger partial charge in [-0.2, -0.15) is 18.6 Å². The Bertz CT molecular complexity index is 1700. The van der Waals surface area contributed by atoms with Crippen LogP contribution in [0.5, 0.6) is 11.5 Å². The Morgan fingerprint density at radius 1 is 1.03 bits per heavy atom. The van der Waals surface area contributed by atoms with E-state index in [-0.39, 0.29) is 62.2 Å². The van der Waals surface area contributed by atoms with E-state index in [0.29, 0.717) is 22.1 Å². The molecule has 4 aromatic rings. The molecule has 1 amide bonds. The largest absolute Gasteiger partial charge is 1.00 e. The molecule has 0 saturated carbocycles. The molecule has 13 heteroatoms. The van der Waals surface area contributed by atoms with E-state index in [1.807, 2.05) is 0 Å². The molecule has 38 heavy (non-hydrogen) atoms. The molecule has 0 heterocycles. The van der Waals surface area contributed by atoms with Crippen LogP contribution >= 0.6 is 23.2 Å². The van der Waals surface area contributed by atoms with Gasteiger partial charge in [0.05, 0.1) is 34.2 Å². The average molecular weight is 582 g/mol.